The van der Waals surface area contributed by atoms with E-state index in [4.69, 9.17) is 0 Å². The first-order valence-corrected chi connectivity index (χ1v) is 9.46. The first-order chi connectivity index (χ1) is 13.6. The summed E-state index contributed by atoms with van der Waals surface area (Å²) < 4.78 is 14.0. The lowest BCUT2D eigenvalue weighted by molar-refractivity contribution is 0.370. The van der Waals surface area contributed by atoms with Gasteiger partial charge in [-0.25, -0.2) is 14.4 Å². The number of rotatable bonds is 5. The fourth-order valence-corrected chi connectivity index (χ4v) is 3.29. The van der Waals surface area contributed by atoms with Gasteiger partial charge in [-0.1, -0.05) is 6.07 Å². The van der Waals surface area contributed by atoms with Crippen LogP contribution in [0.5, 0.6) is 0 Å². The lowest BCUT2D eigenvalue weighted by Gasteiger charge is -2.36. The Balaban J connectivity index is 0.00000300. The van der Waals surface area contributed by atoms with Crippen LogP contribution in [-0.4, -0.2) is 73.0 Å². The standard InChI is InChI=1S/C20H28FN7.HI/c1-22-19(25-14-16-5-6-18(21)17(13-16)15-26(2)3)27-9-11-28(12-10-27)20-23-7-4-8-24-20;/h4-8,13H,9-12,14-15H2,1-3H3,(H,22,25);1H. The molecule has 1 saturated heterocycles. The van der Waals surface area contributed by atoms with Crippen molar-refractivity contribution in [2.45, 2.75) is 13.1 Å². The van der Waals surface area contributed by atoms with Crippen LogP contribution >= 0.6 is 24.0 Å². The van der Waals surface area contributed by atoms with Crippen molar-refractivity contribution in [3.8, 4) is 0 Å². The molecule has 1 aliphatic heterocycles. The zero-order chi connectivity index (χ0) is 19.9. The van der Waals surface area contributed by atoms with Crippen LogP contribution in [0.4, 0.5) is 10.3 Å². The molecule has 1 aromatic carbocycles. The number of hydrogen-bond acceptors (Lipinski definition) is 5. The average Bonchev–Trinajstić information content (AvgIpc) is 2.71. The predicted molar refractivity (Wildman–Crippen MR) is 125 cm³/mol. The molecule has 0 spiro atoms. The highest BCUT2D eigenvalue weighted by atomic mass is 127. The lowest BCUT2D eigenvalue weighted by atomic mass is 10.1. The summed E-state index contributed by atoms with van der Waals surface area (Å²) in [7, 11) is 5.66. The fourth-order valence-electron chi connectivity index (χ4n) is 3.29. The number of hydrogen-bond donors (Lipinski definition) is 1. The van der Waals surface area contributed by atoms with Gasteiger partial charge in [-0.15, -0.1) is 24.0 Å². The molecule has 1 N–H and O–H groups in total. The van der Waals surface area contributed by atoms with E-state index in [9.17, 15) is 4.39 Å². The van der Waals surface area contributed by atoms with E-state index < -0.39 is 0 Å². The molecule has 2 aromatic rings. The van der Waals surface area contributed by atoms with Gasteiger partial charge in [0.2, 0.25) is 5.95 Å². The first-order valence-electron chi connectivity index (χ1n) is 9.46. The Morgan fingerprint density at radius 3 is 2.48 bits per heavy atom. The number of aromatic nitrogens is 2. The number of benzene rings is 1. The molecule has 0 atom stereocenters. The molecule has 3 rings (SSSR count). The van der Waals surface area contributed by atoms with Gasteiger partial charge in [0.05, 0.1) is 0 Å². The SMILES string of the molecule is CN=C(NCc1ccc(F)c(CN(C)C)c1)N1CCN(c2ncccn2)CC1.I. The van der Waals surface area contributed by atoms with E-state index in [0.717, 1.165) is 43.7 Å². The van der Waals surface area contributed by atoms with Gasteiger partial charge in [0, 0.05) is 64.3 Å². The van der Waals surface area contributed by atoms with Gasteiger partial charge in [0.15, 0.2) is 5.96 Å². The van der Waals surface area contributed by atoms with Crippen LogP contribution in [0.15, 0.2) is 41.7 Å². The number of halogens is 2. The topological polar surface area (TPSA) is 59.9 Å². The van der Waals surface area contributed by atoms with E-state index in [2.05, 4.69) is 30.1 Å². The molecule has 29 heavy (non-hydrogen) atoms. The van der Waals surface area contributed by atoms with Gasteiger partial charge in [-0.3, -0.25) is 4.99 Å². The van der Waals surface area contributed by atoms with Crippen molar-refractivity contribution in [1.82, 2.24) is 25.1 Å². The van der Waals surface area contributed by atoms with Crippen LogP contribution in [-0.2, 0) is 13.1 Å². The summed E-state index contributed by atoms with van der Waals surface area (Å²) in [4.78, 5) is 19.4. The summed E-state index contributed by atoms with van der Waals surface area (Å²) in [5.41, 5.74) is 1.74. The van der Waals surface area contributed by atoms with Crippen molar-refractivity contribution in [2.75, 3.05) is 52.2 Å². The Hall–Kier alpha value is -2.01. The van der Waals surface area contributed by atoms with E-state index in [0.29, 0.717) is 18.7 Å². The molecule has 2 heterocycles. The maximum atomic E-state index is 14.0. The Morgan fingerprint density at radius 2 is 1.86 bits per heavy atom. The van der Waals surface area contributed by atoms with Crippen LogP contribution in [0.3, 0.4) is 0 Å². The highest BCUT2D eigenvalue weighted by molar-refractivity contribution is 14.0. The minimum absolute atomic E-state index is 0. The summed E-state index contributed by atoms with van der Waals surface area (Å²) in [6.07, 6.45) is 3.53. The molecule has 1 aliphatic rings. The number of anilines is 1. The molecule has 1 aromatic heterocycles. The molecule has 158 valence electrons. The number of piperazine rings is 1. The predicted octanol–water partition coefficient (Wildman–Crippen LogP) is 2.19. The van der Waals surface area contributed by atoms with Gasteiger partial charge in [-0.2, -0.15) is 0 Å². The number of aliphatic imine (C=N–C) groups is 1. The zero-order valence-electron chi connectivity index (χ0n) is 17.2. The number of nitrogens with zero attached hydrogens (tertiary/aromatic N) is 6. The summed E-state index contributed by atoms with van der Waals surface area (Å²) in [5.74, 6) is 1.46. The molecule has 0 aliphatic carbocycles. The monoisotopic (exact) mass is 513 g/mol. The van der Waals surface area contributed by atoms with Crippen molar-refractivity contribution < 1.29 is 4.39 Å². The summed E-state index contributed by atoms with van der Waals surface area (Å²) in [5, 5.41) is 3.40. The van der Waals surface area contributed by atoms with Gasteiger partial charge in [0.25, 0.3) is 0 Å². The molecule has 0 radical (unpaired) electrons. The Bertz CT molecular complexity index is 793. The Kier molecular flexibility index (Phi) is 9.02. The van der Waals surface area contributed by atoms with Gasteiger partial charge >= 0.3 is 0 Å². The maximum absolute atomic E-state index is 14.0. The summed E-state index contributed by atoms with van der Waals surface area (Å²) >= 11 is 0. The van der Waals surface area contributed by atoms with Crippen LogP contribution < -0.4 is 10.2 Å². The number of nitrogens with one attached hydrogen (secondary N) is 1. The van der Waals surface area contributed by atoms with Crippen LogP contribution in [0, 0.1) is 5.82 Å². The normalized spacial score (nSPS) is 14.7. The van der Waals surface area contributed by atoms with Gasteiger partial charge in [0.1, 0.15) is 5.82 Å². The van der Waals surface area contributed by atoms with Crippen LogP contribution in [0.2, 0.25) is 0 Å². The van der Waals surface area contributed by atoms with Gasteiger partial charge in [-0.05, 0) is 37.9 Å². The quantitative estimate of drug-likeness (QED) is 0.376. The van der Waals surface area contributed by atoms with Crippen molar-refractivity contribution in [3.05, 3.63) is 53.6 Å². The van der Waals surface area contributed by atoms with E-state index in [1.165, 1.54) is 6.07 Å². The van der Waals surface area contributed by atoms with Crippen LogP contribution in [0.25, 0.3) is 0 Å². The minimum atomic E-state index is -0.166. The summed E-state index contributed by atoms with van der Waals surface area (Å²) in [6.45, 7) is 4.55. The minimum Gasteiger partial charge on any atom is -0.352 e. The molecule has 0 saturated carbocycles. The van der Waals surface area contributed by atoms with Gasteiger partial charge < -0.3 is 20.0 Å². The summed E-state index contributed by atoms with van der Waals surface area (Å²) in [6, 6.07) is 7.10. The van der Waals surface area contributed by atoms with Crippen molar-refractivity contribution >= 4 is 35.9 Å². The molecule has 0 bridgehead atoms. The molecule has 7 nitrogen and oxygen atoms in total. The second kappa shape index (κ2) is 11.2. The van der Waals surface area contributed by atoms with E-state index in [1.807, 2.05) is 37.2 Å². The lowest BCUT2D eigenvalue weighted by Crippen LogP contribution is -2.52. The smallest absolute Gasteiger partial charge is 0.225 e. The van der Waals surface area contributed by atoms with Crippen molar-refractivity contribution in [1.29, 1.82) is 0 Å². The largest absolute Gasteiger partial charge is 0.352 e. The fraction of sp³-hybridized carbons (Fsp3) is 0.450. The Labute approximate surface area is 189 Å². The molecular formula is C20H29FIN7. The van der Waals surface area contributed by atoms with E-state index >= 15 is 0 Å². The van der Waals surface area contributed by atoms with E-state index in [-0.39, 0.29) is 29.8 Å². The first kappa shape index (κ1) is 23.3. The third-order valence-electron chi connectivity index (χ3n) is 4.67. The molecule has 0 amide bonds. The highest BCUT2D eigenvalue weighted by Gasteiger charge is 2.21. The second-order valence-corrected chi connectivity index (χ2v) is 7.09. The Morgan fingerprint density at radius 1 is 1.17 bits per heavy atom. The molecule has 1 fully saturated rings. The third-order valence-corrected chi connectivity index (χ3v) is 4.67. The molecule has 9 heteroatoms. The molecular weight excluding hydrogens is 484 g/mol. The van der Waals surface area contributed by atoms with Crippen molar-refractivity contribution in [2.24, 2.45) is 4.99 Å². The van der Waals surface area contributed by atoms with Crippen molar-refractivity contribution in [3.63, 3.8) is 0 Å². The molecule has 0 unspecified atom stereocenters. The van der Waals surface area contributed by atoms with Crippen LogP contribution in [0.1, 0.15) is 11.1 Å². The average molecular weight is 513 g/mol. The second-order valence-electron chi connectivity index (χ2n) is 7.09. The zero-order valence-corrected chi connectivity index (χ0v) is 19.5. The number of guanidine groups is 1. The third kappa shape index (κ3) is 6.49. The maximum Gasteiger partial charge on any atom is 0.225 e. The van der Waals surface area contributed by atoms with E-state index in [1.54, 1.807) is 19.4 Å². The highest BCUT2D eigenvalue weighted by Crippen LogP contribution is 2.13.